The van der Waals surface area contributed by atoms with Crippen LogP contribution in [-0.4, -0.2) is 28.6 Å². The van der Waals surface area contributed by atoms with Crippen LogP contribution in [0.25, 0.3) is 0 Å². The fraction of sp³-hybridized carbons (Fsp3) is 1.00. The first-order valence-corrected chi connectivity index (χ1v) is 11.8. The van der Waals surface area contributed by atoms with Crippen LogP contribution in [0.2, 0.25) is 26.0 Å². The highest BCUT2D eigenvalue weighted by atomic mass is 127. The molecule has 0 heterocycles. The van der Waals surface area contributed by atoms with Gasteiger partial charge in [0.25, 0.3) is 0 Å². The maximum absolute atomic E-state index is 5.49. The van der Waals surface area contributed by atoms with E-state index in [0.29, 0.717) is 0 Å². The van der Waals surface area contributed by atoms with E-state index >= 15 is 0 Å². The highest BCUT2D eigenvalue weighted by molar-refractivity contribution is 14.2. The Morgan fingerprint density at radius 1 is 1.50 bits per heavy atom. The SMILES string of the molecule is C[B]P(I)CCC[Si](C)(C)OC. The molecular weight excluding hydrogens is 297 g/mol. The molecule has 1 unspecified atom stereocenters. The predicted molar refractivity (Wildman–Crippen MR) is 71.3 cm³/mol. The molecule has 0 amide bonds. The zero-order valence-corrected chi connectivity index (χ0v) is 12.5. The van der Waals surface area contributed by atoms with Gasteiger partial charge in [-0.3, -0.25) is 0 Å². The van der Waals surface area contributed by atoms with Gasteiger partial charge in [0, 0.05) is 7.11 Å². The summed E-state index contributed by atoms with van der Waals surface area (Å²) in [5.41, 5.74) is 0.175. The van der Waals surface area contributed by atoms with Gasteiger partial charge in [-0.1, -0.05) is 34.3 Å². The Balaban J connectivity index is 3.42. The van der Waals surface area contributed by atoms with Crippen molar-refractivity contribution in [1.29, 1.82) is 0 Å². The normalized spacial score (nSPS) is 14.4. The number of rotatable bonds is 6. The Kier molecular flexibility index (Phi) is 7.59. The molecule has 0 aromatic rings. The maximum Gasteiger partial charge on any atom is 0.186 e. The first kappa shape index (κ1) is 13.4. The third kappa shape index (κ3) is 6.87. The van der Waals surface area contributed by atoms with Crippen LogP contribution in [0.1, 0.15) is 6.42 Å². The van der Waals surface area contributed by atoms with Crippen molar-refractivity contribution in [3.63, 3.8) is 0 Å². The number of hydrogen-bond donors (Lipinski definition) is 0. The molecule has 0 fully saturated rings. The van der Waals surface area contributed by atoms with Crippen molar-refractivity contribution < 1.29 is 4.43 Å². The topological polar surface area (TPSA) is 9.23 Å². The molecule has 0 saturated carbocycles. The van der Waals surface area contributed by atoms with Crippen LogP contribution >= 0.6 is 27.5 Å². The van der Waals surface area contributed by atoms with Crippen molar-refractivity contribution in [3.05, 3.63) is 0 Å². The third-order valence-corrected chi connectivity index (χ3v) is 9.07. The summed E-state index contributed by atoms with van der Waals surface area (Å²) in [6.07, 6.45) is 2.71. The second-order valence-corrected chi connectivity index (χ2v) is 13.4. The lowest BCUT2D eigenvalue weighted by Gasteiger charge is -2.20. The fourth-order valence-electron chi connectivity index (χ4n) is 0.887. The molecule has 0 aliphatic heterocycles. The van der Waals surface area contributed by atoms with E-state index in [1.54, 1.807) is 0 Å². The van der Waals surface area contributed by atoms with Gasteiger partial charge in [-0.2, -0.15) is 0 Å². The number of halogens is 1. The molecule has 0 rings (SSSR count). The minimum Gasteiger partial charge on any atom is -0.420 e. The largest absolute Gasteiger partial charge is 0.420 e. The molecule has 0 N–H and O–H groups in total. The smallest absolute Gasteiger partial charge is 0.186 e. The summed E-state index contributed by atoms with van der Waals surface area (Å²) in [7, 11) is 0.589. The Hall–Kier alpha value is 1.40. The molecule has 1 radical (unpaired) electrons. The summed E-state index contributed by atoms with van der Waals surface area (Å²) >= 11 is 2.55. The van der Waals surface area contributed by atoms with Crippen molar-refractivity contribution in [2.75, 3.05) is 13.3 Å². The van der Waals surface area contributed by atoms with Crippen molar-refractivity contribution in [2.45, 2.75) is 32.4 Å². The van der Waals surface area contributed by atoms with Crippen LogP contribution in [0, 0.1) is 0 Å². The van der Waals surface area contributed by atoms with Gasteiger partial charge in [0.2, 0.25) is 0 Å². The van der Waals surface area contributed by atoms with Crippen molar-refractivity contribution >= 4 is 42.8 Å². The minimum absolute atomic E-state index is 0.175. The first-order chi connectivity index (χ1) is 5.52. The van der Waals surface area contributed by atoms with Crippen molar-refractivity contribution in [2.24, 2.45) is 0 Å². The third-order valence-electron chi connectivity index (χ3n) is 1.98. The Morgan fingerprint density at radius 3 is 2.50 bits per heavy atom. The lowest BCUT2D eigenvalue weighted by atomic mass is 10.2. The Bertz CT molecular complexity index is 126. The molecule has 1 nitrogen and oxygen atoms in total. The van der Waals surface area contributed by atoms with Gasteiger partial charge >= 0.3 is 0 Å². The van der Waals surface area contributed by atoms with E-state index in [9.17, 15) is 0 Å². The quantitative estimate of drug-likeness (QED) is 0.412. The highest BCUT2D eigenvalue weighted by Crippen LogP contribution is 2.43. The van der Waals surface area contributed by atoms with Crippen LogP contribution in [0.15, 0.2) is 0 Å². The first-order valence-electron chi connectivity index (χ1n) is 4.29. The van der Waals surface area contributed by atoms with Crippen LogP contribution in [-0.2, 0) is 4.43 Å². The zero-order chi connectivity index (χ0) is 9.61. The van der Waals surface area contributed by atoms with Gasteiger partial charge in [-0.05, 0) is 31.7 Å². The Labute approximate surface area is 92.6 Å². The van der Waals surface area contributed by atoms with Crippen molar-refractivity contribution in [3.8, 4) is 0 Å². The summed E-state index contributed by atoms with van der Waals surface area (Å²) in [5, 5.41) is 0. The van der Waals surface area contributed by atoms with E-state index in [4.69, 9.17) is 4.43 Å². The fourth-order valence-corrected chi connectivity index (χ4v) is 4.16. The van der Waals surface area contributed by atoms with E-state index in [1.165, 1.54) is 18.6 Å². The summed E-state index contributed by atoms with van der Waals surface area (Å²) < 4.78 is 5.49. The van der Waals surface area contributed by atoms with Crippen LogP contribution < -0.4 is 0 Å². The molecule has 0 aromatic heterocycles. The second kappa shape index (κ2) is 6.80. The van der Waals surface area contributed by atoms with E-state index < -0.39 is 8.32 Å². The molecule has 0 aliphatic carbocycles. The molecule has 0 spiro atoms. The Morgan fingerprint density at radius 2 is 2.08 bits per heavy atom. The summed E-state index contributed by atoms with van der Waals surface area (Å²) in [6.45, 7) is 9.07. The molecule has 12 heavy (non-hydrogen) atoms. The van der Waals surface area contributed by atoms with E-state index in [-0.39, 0.29) is 5.44 Å². The maximum atomic E-state index is 5.49. The van der Waals surface area contributed by atoms with E-state index in [2.05, 4.69) is 49.0 Å². The average molecular weight is 315 g/mol. The lowest BCUT2D eigenvalue weighted by molar-refractivity contribution is 0.403. The van der Waals surface area contributed by atoms with Gasteiger partial charge in [0.1, 0.15) is 0 Å². The lowest BCUT2D eigenvalue weighted by Crippen LogP contribution is -2.28. The zero-order valence-electron chi connectivity index (χ0n) is 8.43. The van der Waals surface area contributed by atoms with Gasteiger partial charge in [-0.25, -0.2) is 0 Å². The molecule has 5 heteroatoms. The summed E-state index contributed by atoms with van der Waals surface area (Å²) in [4.78, 5) is 0. The number of hydrogen-bond acceptors (Lipinski definition) is 1. The second-order valence-electron chi connectivity index (χ2n) is 3.45. The standard InChI is InChI=1S/C7H18BIOPSi/c1-8-11(9)6-5-7-12(3,4)10-2/h5-7H2,1-4H3. The van der Waals surface area contributed by atoms with Gasteiger partial charge in [-0.15, -0.1) is 0 Å². The van der Waals surface area contributed by atoms with E-state index in [0.717, 1.165) is 0 Å². The molecule has 0 aliphatic rings. The summed E-state index contributed by atoms with van der Waals surface area (Å²) in [6, 6.07) is 1.30. The van der Waals surface area contributed by atoms with Crippen LogP contribution in [0.5, 0.6) is 0 Å². The van der Waals surface area contributed by atoms with Crippen LogP contribution in [0.3, 0.4) is 0 Å². The molecule has 0 aromatic carbocycles. The predicted octanol–water partition coefficient (Wildman–Crippen LogP) is 3.73. The highest BCUT2D eigenvalue weighted by Gasteiger charge is 2.19. The summed E-state index contributed by atoms with van der Waals surface area (Å²) in [5.74, 6) is 0. The van der Waals surface area contributed by atoms with Crippen molar-refractivity contribution in [1.82, 2.24) is 0 Å². The molecule has 0 saturated heterocycles. The van der Waals surface area contributed by atoms with Gasteiger partial charge in [0.15, 0.2) is 15.3 Å². The van der Waals surface area contributed by atoms with E-state index in [1.807, 2.05) is 7.11 Å². The molecular formula is C7H18BIOPSi. The minimum atomic E-state index is -1.26. The molecule has 0 bridgehead atoms. The van der Waals surface area contributed by atoms with Crippen LogP contribution in [0.4, 0.5) is 0 Å². The average Bonchev–Trinajstić information content (AvgIpc) is 2.04. The molecule has 1 atom stereocenters. The van der Waals surface area contributed by atoms with Gasteiger partial charge < -0.3 is 4.43 Å². The monoisotopic (exact) mass is 315 g/mol. The van der Waals surface area contributed by atoms with Gasteiger partial charge in [0.05, 0.1) is 0 Å². The molecule has 71 valence electrons.